The first-order valence-corrected chi connectivity index (χ1v) is 6.63. The summed E-state index contributed by atoms with van der Waals surface area (Å²) in [7, 11) is 0. The van der Waals surface area contributed by atoms with Crippen LogP contribution >= 0.6 is 27.5 Å². The molecule has 0 heterocycles. The molecule has 1 aromatic carbocycles. The monoisotopic (exact) mass is 348 g/mol. The van der Waals surface area contributed by atoms with Gasteiger partial charge in [-0.2, -0.15) is 0 Å². The van der Waals surface area contributed by atoms with Crippen molar-refractivity contribution in [3.05, 3.63) is 33.3 Å². The summed E-state index contributed by atoms with van der Waals surface area (Å²) < 4.78 is 0.845. The lowest BCUT2D eigenvalue weighted by Crippen LogP contribution is -2.52. The molecule has 0 radical (unpaired) electrons. The third-order valence-corrected chi connectivity index (χ3v) is 3.26. The highest BCUT2D eigenvalue weighted by atomic mass is 79.9. The molecule has 1 rings (SSSR count). The zero-order chi connectivity index (χ0) is 14.6. The van der Waals surface area contributed by atoms with Crippen LogP contribution in [-0.2, 0) is 11.3 Å². The summed E-state index contributed by atoms with van der Waals surface area (Å²) in [6.07, 6.45) is 0. The molecule has 1 aromatic rings. The van der Waals surface area contributed by atoms with Crippen LogP contribution in [0.25, 0.3) is 0 Å². The summed E-state index contributed by atoms with van der Waals surface area (Å²) in [6.45, 7) is 3.02. The number of halogens is 2. The molecule has 3 N–H and O–H groups in total. The minimum atomic E-state index is -1.33. The number of aliphatic carboxylic acids is 1. The number of carbonyl (C=O) groups excluding carboxylic acids is 1. The van der Waals surface area contributed by atoms with Crippen LogP contribution in [0.1, 0.15) is 19.4 Å². The van der Waals surface area contributed by atoms with Gasteiger partial charge in [-0.05, 0) is 31.5 Å². The lowest BCUT2D eigenvalue weighted by atomic mass is 10.1. The first-order valence-electron chi connectivity index (χ1n) is 5.45. The third kappa shape index (κ3) is 4.72. The smallest absolute Gasteiger partial charge is 0.328 e. The van der Waals surface area contributed by atoms with Crippen molar-refractivity contribution in [2.45, 2.75) is 25.9 Å². The Labute approximate surface area is 124 Å². The van der Waals surface area contributed by atoms with Crippen LogP contribution in [0.15, 0.2) is 22.7 Å². The first kappa shape index (κ1) is 15.8. The number of hydrogen-bond donors (Lipinski definition) is 3. The van der Waals surface area contributed by atoms with Crippen LogP contribution in [0.2, 0.25) is 5.02 Å². The average Bonchev–Trinajstić information content (AvgIpc) is 2.27. The van der Waals surface area contributed by atoms with E-state index in [-0.39, 0.29) is 6.54 Å². The van der Waals surface area contributed by atoms with Gasteiger partial charge >= 0.3 is 12.0 Å². The Balaban J connectivity index is 2.57. The third-order valence-electron chi connectivity index (χ3n) is 2.42. The summed E-state index contributed by atoms with van der Waals surface area (Å²) in [5, 5.41) is 14.3. The van der Waals surface area contributed by atoms with Crippen molar-refractivity contribution in [3.8, 4) is 0 Å². The molecule has 104 valence electrons. The van der Waals surface area contributed by atoms with E-state index in [0.717, 1.165) is 10.0 Å². The van der Waals surface area contributed by atoms with Crippen molar-refractivity contribution in [1.29, 1.82) is 0 Å². The summed E-state index contributed by atoms with van der Waals surface area (Å²) in [6, 6.07) is 4.74. The van der Waals surface area contributed by atoms with Gasteiger partial charge in [-0.25, -0.2) is 9.59 Å². The Bertz CT molecular complexity index is 506. The summed E-state index contributed by atoms with van der Waals surface area (Å²) in [4.78, 5) is 22.4. The Kier molecular flexibility index (Phi) is 5.20. The van der Waals surface area contributed by atoms with Crippen molar-refractivity contribution < 1.29 is 14.7 Å². The molecule has 19 heavy (non-hydrogen) atoms. The molecule has 0 aliphatic heterocycles. The number of carboxylic acid groups (broad SMARTS) is 1. The second kappa shape index (κ2) is 6.25. The second-order valence-electron chi connectivity index (χ2n) is 4.47. The molecule has 0 saturated carbocycles. The maximum atomic E-state index is 11.6. The Morgan fingerprint density at radius 2 is 2.05 bits per heavy atom. The highest BCUT2D eigenvalue weighted by Crippen LogP contribution is 2.21. The van der Waals surface area contributed by atoms with Gasteiger partial charge in [0.25, 0.3) is 0 Å². The highest BCUT2D eigenvalue weighted by Gasteiger charge is 2.28. The summed E-state index contributed by atoms with van der Waals surface area (Å²) in [5.74, 6) is -1.11. The molecule has 0 aliphatic rings. The van der Waals surface area contributed by atoms with E-state index in [1.807, 2.05) is 6.07 Å². The lowest BCUT2D eigenvalue weighted by molar-refractivity contribution is -0.142. The fourth-order valence-electron chi connectivity index (χ4n) is 1.22. The minimum Gasteiger partial charge on any atom is -0.480 e. The second-order valence-corrected chi connectivity index (χ2v) is 5.80. The van der Waals surface area contributed by atoms with Gasteiger partial charge in [0.15, 0.2) is 0 Å². The molecule has 0 aromatic heterocycles. The van der Waals surface area contributed by atoms with Gasteiger partial charge in [0.2, 0.25) is 0 Å². The molecule has 0 unspecified atom stereocenters. The van der Waals surface area contributed by atoms with Gasteiger partial charge in [-0.15, -0.1) is 0 Å². The molecule has 5 nitrogen and oxygen atoms in total. The number of nitrogens with one attached hydrogen (secondary N) is 2. The number of benzene rings is 1. The zero-order valence-corrected chi connectivity index (χ0v) is 12.8. The van der Waals surface area contributed by atoms with Crippen molar-refractivity contribution >= 4 is 39.5 Å². The Morgan fingerprint density at radius 3 is 2.58 bits per heavy atom. The SMILES string of the molecule is CC(C)(NC(=O)NCc1ccc(Br)cc1Cl)C(=O)O. The number of urea groups is 1. The van der Waals surface area contributed by atoms with Crippen LogP contribution in [0, 0.1) is 0 Å². The van der Waals surface area contributed by atoms with Gasteiger partial charge in [0.05, 0.1) is 0 Å². The number of rotatable bonds is 4. The van der Waals surface area contributed by atoms with E-state index in [1.165, 1.54) is 13.8 Å². The zero-order valence-electron chi connectivity index (χ0n) is 10.5. The van der Waals surface area contributed by atoms with Crippen molar-refractivity contribution in [2.75, 3.05) is 0 Å². The number of carbonyl (C=O) groups is 2. The molecule has 0 aliphatic carbocycles. The number of carboxylic acids is 1. The number of amides is 2. The Morgan fingerprint density at radius 1 is 1.42 bits per heavy atom. The quantitative estimate of drug-likeness (QED) is 0.782. The maximum absolute atomic E-state index is 11.6. The van der Waals surface area contributed by atoms with E-state index in [9.17, 15) is 9.59 Å². The highest BCUT2D eigenvalue weighted by molar-refractivity contribution is 9.10. The van der Waals surface area contributed by atoms with Gasteiger partial charge in [-0.3, -0.25) is 0 Å². The number of hydrogen-bond acceptors (Lipinski definition) is 2. The van der Waals surface area contributed by atoms with E-state index in [1.54, 1.807) is 12.1 Å². The molecule has 7 heteroatoms. The molecular weight excluding hydrogens is 336 g/mol. The fourth-order valence-corrected chi connectivity index (χ4v) is 1.96. The molecule has 0 saturated heterocycles. The molecule has 0 spiro atoms. The van der Waals surface area contributed by atoms with E-state index in [2.05, 4.69) is 26.6 Å². The van der Waals surface area contributed by atoms with Crippen LogP contribution in [-0.4, -0.2) is 22.6 Å². The fraction of sp³-hybridized carbons (Fsp3) is 0.333. The first-order chi connectivity index (χ1) is 8.72. The van der Waals surface area contributed by atoms with Crippen LogP contribution < -0.4 is 10.6 Å². The minimum absolute atomic E-state index is 0.216. The van der Waals surface area contributed by atoms with E-state index in [0.29, 0.717) is 5.02 Å². The normalized spacial score (nSPS) is 10.9. The van der Waals surface area contributed by atoms with Crippen LogP contribution in [0.4, 0.5) is 4.79 Å². The van der Waals surface area contributed by atoms with E-state index in [4.69, 9.17) is 16.7 Å². The predicted octanol–water partition coefficient (Wildman–Crippen LogP) is 2.76. The van der Waals surface area contributed by atoms with Gasteiger partial charge < -0.3 is 15.7 Å². The van der Waals surface area contributed by atoms with Crippen molar-refractivity contribution in [3.63, 3.8) is 0 Å². The largest absolute Gasteiger partial charge is 0.480 e. The molecule has 0 atom stereocenters. The van der Waals surface area contributed by atoms with Crippen LogP contribution in [0.3, 0.4) is 0 Å². The van der Waals surface area contributed by atoms with Crippen LogP contribution in [0.5, 0.6) is 0 Å². The topological polar surface area (TPSA) is 78.4 Å². The summed E-state index contributed by atoms with van der Waals surface area (Å²) in [5.41, 5.74) is -0.582. The van der Waals surface area contributed by atoms with Gasteiger partial charge in [0.1, 0.15) is 5.54 Å². The molecular formula is C12H14BrClN2O3. The van der Waals surface area contributed by atoms with Gasteiger partial charge in [-0.1, -0.05) is 33.6 Å². The molecule has 2 amide bonds. The lowest BCUT2D eigenvalue weighted by Gasteiger charge is -2.21. The van der Waals surface area contributed by atoms with E-state index < -0.39 is 17.5 Å². The van der Waals surface area contributed by atoms with Crippen molar-refractivity contribution in [1.82, 2.24) is 10.6 Å². The average molecular weight is 350 g/mol. The van der Waals surface area contributed by atoms with Crippen molar-refractivity contribution in [2.24, 2.45) is 0 Å². The van der Waals surface area contributed by atoms with E-state index >= 15 is 0 Å². The Hall–Kier alpha value is -1.27. The predicted molar refractivity (Wildman–Crippen MR) is 76.2 cm³/mol. The maximum Gasteiger partial charge on any atom is 0.328 e. The molecule has 0 fully saturated rings. The van der Waals surface area contributed by atoms with Gasteiger partial charge in [0, 0.05) is 16.0 Å². The standard InChI is InChI=1S/C12H14BrClN2O3/c1-12(2,10(17)18)16-11(19)15-6-7-3-4-8(13)5-9(7)14/h3-5H,6H2,1-2H3,(H,17,18)(H2,15,16,19). The summed E-state index contributed by atoms with van der Waals surface area (Å²) >= 11 is 9.28. The molecule has 0 bridgehead atoms.